The molecule has 1 amide bonds. The molecular weight excluding hydrogens is 406 g/mol. The molecule has 7 heteroatoms. The molecule has 0 saturated heterocycles. The molecule has 5 nitrogen and oxygen atoms in total. The third kappa shape index (κ3) is 3.68. The van der Waals surface area contributed by atoms with Gasteiger partial charge in [-0.25, -0.2) is 8.42 Å². The van der Waals surface area contributed by atoms with E-state index in [0.29, 0.717) is 12.3 Å². The highest BCUT2D eigenvalue weighted by atomic mass is 32.2. The first kappa shape index (κ1) is 19.7. The summed E-state index contributed by atoms with van der Waals surface area (Å²) in [7, 11) is -3.73. The van der Waals surface area contributed by atoms with Crippen LogP contribution in [0.2, 0.25) is 0 Å². The summed E-state index contributed by atoms with van der Waals surface area (Å²) in [6.45, 7) is 4.38. The molecule has 1 N–H and O–H groups in total. The second-order valence-electron chi connectivity index (χ2n) is 6.97. The Balaban J connectivity index is 1.79. The Morgan fingerprint density at radius 1 is 1.17 bits per heavy atom. The number of carbonyl (C=O) groups excluding carboxylic acids is 1. The Kier molecular flexibility index (Phi) is 5.19. The van der Waals surface area contributed by atoms with Gasteiger partial charge in [0.1, 0.15) is 10.6 Å². The highest BCUT2D eigenvalue weighted by Crippen LogP contribution is 2.46. The van der Waals surface area contributed by atoms with Crippen LogP contribution in [-0.2, 0) is 14.6 Å². The van der Waals surface area contributed by atoms with Gasteiger partial charge in [0.15, 0.2) is 0 Å². The third-order valence-electron chi connectivity index (χ3n) is 4.95. The number of amides is 1. The Labute approximate surface area is 174 Å². The van der Waals surface area contributed by atoms with E-state index < -0.39 is 9.84 Å². The van der Waals surface area contributed by atoms with Crippen LogP contribution in [0.5, 0.6) is 5.75 Å². The Morgan fingerprint density at radius 2 is 1.93 bits per heavy atom. The molecule has 29 heavy (non-hydrogen) atoms. The number of sulfone groups is 1. The van der Waals surface area contributed by atoms with Crippen molar-refractivity contribution in [3.8, 4) is 5.75 Å². The van der Waals surface area contributed by atoms with E-state index in [4.69, 9.17) is 4.74 Å². The van der Waals surface area contributed by atoms with E-state index in [-0.39, 0.29) is 28.0 Å². The molecule has 0 unspecified atom stereocenters. The molecule has 0 aliphatic carbocycles. The van der Waals surface area contributed by atoms with E-state index in [1.165, 1.54) is 11.3 Å². The molecule has 150 valence electrons. The Morgan fingerprint density at radius 3 is 2.66 bits per heavy atom. The lowest BCUT2D eigenvalue weighted by Gasteiger charge is -2.24. The number of hydrogen-bond acceptors (Lipinski definition) is 5. The fourth-order valence-electron chi connectivity index (χ4n) is 3.50. The van der Waals surface area contributed by atoms with Gasteiger partial charge >= 0.3 is 0 Å². The van der Waals surface area contributed by atoms with Crippen LogP contribution in [0.3, 0.4) is 0 Å². The summed E-state index contributed by atoms with van der Waals surface area (Å²) in [4.78, 5) is 13.7. The van der Waals surface area contributed by atoms with Gasteiger partial charge in [-0.2, -0.15) is 0 Å². The molecule has 1 aliphatic heterocycles. The molecule has 0 radical (unpaired) electrons. The van der Waals surface area contributed by atoms with Gasteiger partial charge in [0.05, 0.1) is 17.2 Å². The summed E-state index contributed by atoms with van der Waals surface area (Å²) in [5, 5.41) is 4.43. The molecule has 0 fully saturated rings. The topological polar surface area (TPSA) is 72.5 Å². The van der Waals surface area contributed by atoms with Crippen LogP contribution < -0.4 is 10.1 Å². The van der Waals surface area contributed by atoms with Crippen molar-refractivity contribution in [2.45, 2.75) is 36.0 Å². The Hall–Kier alpha value is -2.64. The zero-order valence-corrected chi connectivity index (χ0v) is 17.8. The average molecular weight is 428 g/mol. The van der Waals surface area contributed by atoms with Crippen LogP contribution in [-0.4, -0.2) is 20.9 Å². The van der Waals surface area contributed by atoms with Gasteiger partial charge in [-0.1, -0.05) is 29.8 Å². The van der Waals surface area contributed by atoms with Crippen molar-refractivity contribution in [3.63, 3.8) is 0 Å². The molecule has 4 rings (SSSR count). The summed E-state index contributed by atoms with van der Waals surface area (Å²) < 4.78 is 32.0. The monoisotopic (exact) mass is 427 g/mol. The van der Waals surface area contributed by atoms with Crippen LogP contribution in [0.4, 0.5) is 5.69 Å². The smallest absolute Gasteiger partial charge is 0.225 e. The van der Waals surface area contributed by atoms with Crippen molar-refractivity contribution in [2.75, 3.05) is 11.9 Å². The fraction of sp³-hybridized carbons (Fsp3) is 0.227. The van der Waals surface area contributed by atoms with E-state index in [1.54, 1.807) is 29.6 Å². The van der Waals surface area contributed by atoms with Crippen LogP contribution in [0.1, 0.15) is 35.3 Å². The van der Waals surface area contributed by atoms with E-state index in [2.05, 4.69) is 5.32 Å². The van der Waals surface area contributed by atoms with Gasteiger partial charge in [0.2, 0.25) is 15.7 Å². The van der Waals surface area contributed by atoms with Crippen LogP contribution in [0.15, 0.2) is 63.7 Å². The average Bonchev–Trinajstić information content (AvgIpc) is 3.13. The fourth-order valence-corrected chi connectivity index (χ4v) is 6.41. The first-order valence-corrected chi connectivity index (χ1v) is 11.7. The van der Waals surface area contributed by atoms with E-state index in [9.17, 15) is 13.2 Å². The number of aryl methyl sites for hydroxylation is 1. The maximum atomic E-state index is 13.2. The van der Waals surface area contributed by atoms with Gasteiger partial charge in [-0.05, 0) is 43.7 Å². The molecule has 3 aromatic rings. The van der Waals surface area contributed by atoms with E-state index in [1.807, 2.05) is 38.1 Å². The summed E-state index contributed by atoms with van der Waals surface area (Å²) in [6, 6.07) is 14.4. The standard InChI is InChI=1S/C22H21NO4S2/c1-3-27-16-6-4-5-15(11-16)18-12-20(24)23-21-19(13-28-22(18)21)29(25,26)17-9-7-14(2)8-10-17/h4-11,13,18H,3,12H2,1-2H3,(H,23,24)/t18-/m1/s1. The Bertz CT molecular complexity index is 1160. The molecule has 1 aromatic heterocycles. The van der Waals surface area contributed by atoms with Crippen molar-refractivity contribution >= 4 is 32.8 Å². The summed E-state index contributed by atoms with van der Waals surface area (Å²) in [5.74, 6) is 0.343. The number of benzene rings is 2. The van der Waals surface area contributed by atoms with Crippen LogP contribution >= 0.6 is 11.3 Å². The lowest BCUT2D eigenvalue weighted by Crippen LogP contribution is -2.23. The number of hydrogen-bond donors (Lipinski definition) is 1. The predicted molar refractivity (Wildman–Crippen MR) is 114 cm³/mol. The van der Waals surface area contributed by atoms with Crippen molar-refractivity contribution < 1.29 is 17.9 Å². The largest absolute Gasteiger partial charge is 0.494 e. The van der Waals surface area contributed by atoms with Gasteiger partial charge in [0.25, 0.3) is 0 Å². The van der Waals surface area contributed by atoms with Crippen molar-refractivity contribution in [2.24, 2.45) is 0 Å². The second-order valence-corrected chi connectivity index (χ2v) is 9.80. The van der Waals surface area contributed by atoms with Crippen molar-refractivity contribution in [3.05, 3.63) is 69.9 Å². The maximum Gasteiger partial charge on any atom is 0.225 e. The summed E-state index contributed by atoms with van der Waals surface area (Å²) >= 11 is 1.37. The highest BCUT2D eigenvalue weighted by molar-refractivity contribution is 7.91. The van der Waals surface area contributed by atoms with E-state index in [0.717, 1.165) is 21.8 Å². The minimum absolute atomic E-state index is 0.153. The number of ether oxygens (including phenoxy) is 1. The number of nitrogens with one attached hydrogen (secondary N) is 1. The van der Waals surface area contributed by atoms with Crippen molar-refractivity contribution in [1.82, 2.24) is 0 Å². The summed E-state index contributed by atoms with van der Waals surface area (Å²) in [6.07, 6.45) is 0.271. The maximum absolute atomic E-state index is 13.2. The number of carbonyl (C=O) groups is 1. The van der Waals surface area contributed by atoms with Crippen molar-refractivity contribution in [1.29, 1.82) is 0 Å². The molecule has 0 spiro atoms. The van der Waals surface area contributed by atoms with E-state index >= 15 is 0 Å². The number of fused-ring (bicyclic) bond motifs is 1. The molecular formula is C22H21NO4S2. The van der Waals surface area contributed by atoms with Gasteiger partial charge in [0, 0.05) is 22.6 Å². The molecule has 0 saturated carbocycles. The predicted octanol–water partition coefficient (Wildman–Crippen LogP) is 4.76. The molecule has 1 atom stereocenters. The van der Waals surface area contributed by atoms with Gasteiger partial charge < -0.3 is 10.1 Å². The lowest BCUT2D eigenvalue weighted by molar-refractivity contribution is -0.116. The lowest BCUT2D eigenvalue weighted by atomic mass is 9.90. The first-order valence-electron chi connectivity index (χ1n) is 9.36. The number of anilines is 1. The molecule has 1 aliphatic rings. The zero-order chi connectivity index (χ0) is 20.6. The SMILES string of the molecule is CCOc1cccc([C@H]2CC(=O)Nc3c(S(=O)(=O)c4ccc(C)cc4)csc32)c1. The summed E-state index contributed by atoms with van der Waals surface area (Å²) in [5.41, 5.74) is 2.32. The third-order valence-corrected chi connectivity index (χ3v) is 7.99. The molecule has 2 aromatic carbocycles. The normalized spacial score (nSPS) is 16.2. The minimum atomic E-state index is -3.73. The number of rotatable bonds is 5. The highest BCUT2D eigenvalue weighted by Gasteiger charge is 2.34. The second kappa shape index (κ2) is 7.65. The minimum Gasteiger partial charge on any atom is -0.494 e. The molecule has 2 heterocycles. The first-order chi connectivity index (χ1) is 13.9. The number of thiophene rings is 1. The molecule has 0 bridgehead atoms. The van der Waals surface area contributed by atoms with Gasteiger partial charge in [-0.15, -0.1) is 11.3 Å². The van der Waals surface area contributed by atoms with Gasteiger partial charge in [-0.3, -0.25) is 4.79 Å². The quantitative estimate of drug-likeness (QED) is 0.637. The van der Waals surface area contributed by atoms with Crippen LogP contribution in [0.25, 0.3) is 0 Å². The van der Waals surface area contributed by atoms with Crippen LogP contribution in [0, 0.1) is 6.92 Å². The zero-order valence-electron chi connectivity index (χ0n) is 16.1.